The van der Waals surface area contributed by atoms with Crippen LogP contribution in [0.15, 0.2) is 24.5 Å². The summed E-state index contributed by atoms with van der Waals surface area (Å²) < 4.78 is 15.3. The number of nitrogens with two attached hydrogens (primary N) is 1. The van der Waals surface area contributed by atoms with E-state index in [1.165, 1.54) is 12.1 Å². The number of hydrogen-bond acceptors (Lipinski definition) is 2. The van der Waals surface area contributed by atoms with Gasteiger partial charge in [0.1, 0.15) is 17.3 Å². The highest BCUT2D eigenvalue weighted by Crippen LogP contribution is 2.39. The zero-order chi connectivity index (χ0) is 12.0. The third kappa shape index (κ3) is 1.69. The second-order valence-electron chi connectivity index (χ2n) is 4.58. The van der Waals surface area contributed by atoms with Gasteiger partial charge in [-0.05, 0) is 37.5 Å². The van der Waals surface area contributed by atoms with Crippen molar-refractivity contribution in [2.24, 2.45) is 0 Å². The van der Waals surface area contributed by atoms with Gasteiger partial charge in [-0.15, -0.1) is 0 Å². The predicted molar refractivity (Wildman–Crippen MR) is 65.0 cm³/mol. The number of benzene rings is 1. The average molecular weight is 231 g/mol. The Balaban J connectivity index is 2.11. The van der Waals surface area contributed by atoms with Crippen LogP contribution in [0.25, 0.3) is 11.3 Å². The van der Waals surface area contributed by atoms with Crippen LogP contribution in [0.2, 0.25) is 0 Å². The molecule has 1 saturated carbocycles. The Morgan fingerprint density at radius 2 is 2.18 bits per heavy atom. The molecule has 1 fully saturated rings. The first-order valence-corrected chi connectivity index (χ1v) is 5.75. The Morgan fingerprint density at radius 1 is 1.41 bits per heavy atom. The highest BCUT2D eigenvalue weighted by molar-refractivity contribution is 5.73. The van der Waals surface area contributed by atoms with Crippen molar-refractivity contribution in [3.05, 3.63) is 35.9 Å². The van der Waals surface area contributed by atoms with Gasteiger partial charge in [0.2, 0.25) is 0 Å². The van der Waals surface area contributed by atoms with Crippen molar-refractivity contribution in [1.29, 1.82) is 0 Å². The van der Waals surface area contributed by atoms with Crippen LogP contribution in [0, 0.1) is 12.7 Å². The van der Waals surface area contributed by atoms with Crippen LogP contribution in [-0.2, 0) is 0 Å². The Morgan fingerprint density at radius 3 is 2.88 bits per heavy atom. The largest absolute Gasteiger partial charge is 0.383 e. The predicted octanol–water partition coefficient (Wildman–Crippen LogP) is 2.91. The maximum atomic E-state index is 13.3. The van der Waals surface area contributed by atoms with Crippen LogP contribution in [0.5, 0.6) is 0 Å². The minimum atomic E-state index is -0.258. The van der Waals surface area contributed by atoms with E-state index in [1.807, 2.05) is 11.5 Å². The molecule has 1 aliphatic rings. The molecule has 2 N–H and O–H groups in total. The Hall–Kier alpha value is -1.84. The summed E-state index contributed by atoms with van der Waals surface area (Å²) in [4.78, 5) is 4.32. The molecule has 0 unspecified atom stereocenters. The first kappa shape index (κ1) is 10.3. The lowest BCUT2D eigenvalue weighted by Gasteiger charge is -2.06. The van der Waals surface area contributed by atoms with E-state index >= 15 is 0 Å². The van der Waals surface area contributed by atoms with Gasteiger partial charge in [0.25, 0.3) is 0 Å². The molecule has 1 aromatic heterocycles. The molecule has 17 heavy (non-hydrogen) atoms. The number of aromatic nitrogens is 2. The number of nitrogens with zero attached hydrogens (tertiary/aromatic N) is 2. The Labute approximate surface area is 99.1 Å². The molecule has 0 amide bonds. The summed E-state index contributed by atoms with van der Waals surface area (Å²) in [5, 5.41) is 0. The van der Waals surface area contributed by atoms with Gasteiger partial charge in [-0.2, -0.15) is 0 Å². The highest BCUT2D eigenvalue weighted by Gasteiger charge is 2.26. The van der Waals surface area contributed by atoms with Crippen LogP contribution in [-0.4, -0.2) is 9.55 Å². The number of nitrogen functional groups attached to an aromatic ring is 1. The quantitative estimate of drug-likeness (QED) is 0.863. The molecule has 3 rings (SSSR count). The molecule has 1 aromatic carbocycles. The van der Waals surface area contributed by atoms with Gasteiger partial charge in [-0.3, -0.25) is 0 Å². The smallest absolute Gasteiger partial charge is 0.131 e. The van der Waals surface area contributed by atoms with E-state index in [0.717, 1.165) is 24.0 Å². The summed E-state index contributed by atoms with van der Waals surface area (Å²) in [5.41, 5.74) is 8.53. The summed E-state index contributed by atoms with van der Waals surface area (Å²) in [6, 6.07) is 5.18. The number of anilines is 1. The van der Waals surface area contributed by atoms with Gasteiger partial charge in [0, 0.05) is 11.6 Å². The maximum absolute atomic E-state index is 13.3. The lowest BCUT2D eigenvalue weighted by atomic mass is 10.1. The molecule has 0 atom stereocenters. The summed E-state index contributed by atoms with van der Waals surface area (Å²) in [6.07, 6.45) is 4.07. The van der Waals surface area contributed by atoms with Crippen LogP contribution in [0.4, 0.5) is 10.2 Å². The monoisotopic (exact) mass is 231 g/mol. The third-order valence-electron chi connectivity index (χ3n) is 3.23. The van der Waals surface area contributed by atoms with Crippen LogP contribution in [0.3, 0.4) is 0 Å². The van der Waals surface area contributed by atoms with Crippen molar-refractivity contribution < 1.29 is 4.39 Å². The number of halogens is 1. The van der Waals surface area contributed by atoms with Crippen molar-refractivity contribution in [1.82, 2.24) is 9.55 Å². The fourth-order valence-corrected chi connectivity index (χ4v) is 2.07. The molecule has 4 heteroatoms. The molecule has 88 valence electrons. The summed E-state index contributed by atoms with van der Waals surface area (Å²) in [5.74, 6) is 0.382. The fourth-order valence-electron chi connectivity index (χ4n) is 2.07. The number of aryl methyl sites for hydroxylation is 1. The number of hydrogen-bond donors (Lipinski definition) is 1. The molecular formula is C13H14FN3. The Bertz CT molecular complexity index is 570. The topological polar surface area (TPSA) is 43.8 Å². The van der Waals surface area contributed by atoms with E-state index in [9.17, 15) is 4.39 Å². The molecule has 1 heterocycles. The Kier molecular flexibility index (Phi) is 2.18. The maximum Gasteiger partial charge on any atom is 0.131 e. The zero-order valence-corrected chi connectivity index (χ0v) is 9.65. The molecule has 0 spiro atoms. The van der Waals surface area contributed by atoms with Gasteiger partial charge in [0.05, 0.1) is 6.33 Å². The van der Waals surface area contributed by atoms with Crippen molar-refractivity contribution >= 4 is 5.82 Å². The van der Waals surface area contributed by atoms with E-state index in [2.05, 4.69) is 4.98 Å². The molecule has 0 saturated heterocycles. The standard InChI is InChI=1S/C13H14FN3/c1-8-2-3-9(14)6-11(8)12-13(15)17(7-16-12)10-4-5-10/h2-3,6-7,10H,4-5,15H2,1H3. The van der Waals surface area contributed by atoms with E-state index < -0.39 is 0 Å². The molecule has 0 aliphatic heterocycles. The lowest BCUT2D eigenvalue weighted by molar-refractivity contribution is 0.628. The van der Waals surface area contributed by atoms with Crippen molar-refractivity contribution in [3.63, 3.8) is 0 Å². The first-order valence-electron chi connectivity index (χ1n) is 5.75. The van der Waals surface area contributed by atoms with E-state index in [1.54, 1.807) is 12.4 Å². The number of rotatable bonds is 2. The normalized spacial score (nSPS) is 15.2. The second-order valence-corrected chi connectivity index (χ2v) is 4.58. The van der Waals surface area contributed by atoms with Gasteiger partial charge in [-0.25, -0.2) is 9.37 Å². The van der Waals surface area contributed by atoms with E-state index in [0.29, 0.717) is 17.6 Å². The van der Waals surface area contributed by atoms with Crippen molar-refractivity contribution in [2.45, 2.75) is 25.8 Å². The van der Waals surface area contributed by atoms with Gasteiger partial charge >= 0.3 is 0 Å². The van der Waals surface area contributed by atoms with Crippen molar-refractivity contribution in [2.75, 3.05) is 5.73 Å². The van der Waals surface area contributed by atoms with Gasteiger partial charge in [0.15, 0.2) is 0 Å². The zero-order valence-electron chi connectivity index (χ0n) is 9.65. The SMILES string of the molecule is Cc1ccc(F)cc1-c1ncn(C2CC2)c1N. The third-order valence-corrected chi connectivity index (χ3v) is 3.23. The van der Waals surface area contributed by atoms with Gasteiger partial charge in [-0.1, -0.05) is 6.07 Å². The highest BCUT2D eigenvalue weighted by atomic mass is 19.1. The molecule has 3 nitrogen and oxygen atoms in total. The first-order chi connectivity index (χ1) is 8.16. The molecule has 2 aromatic rings. The van der Waals surface area contributed by atoms with Crippen LogP contribution < -0.4 is 5.73 Å². The molecule has 1 aliphatic carbocycles. The molecular weight excluding hydrogens is 217 g/mol. The minimum absolute atomic E-state index is 0.258. The minimum Gasteiger partial charge on any atom is -0.383 e. The molecule has 0 bridgehead atoms. The van der Waals surface area contributed by atoms with Crippen LogP contribution >= 0.6 is 0 Å². The summed E-state index contributed by atoms with van der Waals surface area (Å²) in [7, 11) is 0. The number of imidazole rings is 1. The fraction of sp³-hybridized carbons (Fsp3) is 0.308. The summed E-state index contributed by atoms with van der Waals surface area (Å²) in [6.45, 7) is 1.93. The van der Waals surface area contributed by atoms with Gasteiger partial charge < -0.3 is 10.3 Å². The second kappa shape index (κ2) is 3.58. The van der Waals surface area contributed by atoms with E-state index in [4.69, 9.17) is 5.73 Å². The average Bonchev–Trinajstić information content (AvgIpc) is 3.07. The van der Waals surface area contributed by atoms with E-state index in [-0.39, 0.29) is 5.82 Å². The van der Waals surface area contributed by atoms with Crippen LogP contribution in [0.1, 0.15) is 24.4 Å². The summed E-state index contributed by atoms with van der Waals surface area (Å²) >= 11 is 0. The van der Waals surface area contributed by atoms with Crippen molar-refractivity contribution in [3.8, 4) is 11.3 Å². The molecule has 0 radical (unpaired) electrons. The lowest BCUT2D eigenvalue weighted by Crippen LogP contribution is -2.00.